The molecule has 0 saturated carbocycles. The monoisotopic (exact) mass is 307 g/mol. The van der Waals surface area contributed by atoms with Gasteiger partial charge >= 0.3 is 0 Å². The molecule has 1 aliphatic rings. The van der Waals surface area contributed by atoms with Crippen molar-refractivity contribution < 1.29 is 4.79 Å². The summed E-state index contributed by atoms with van der Waals surface area (Å²) in [5, 5.41) is 11.1. The lowest BCUT2D eigenvalue weighted by Crippen LogP contribution is -2.29. The van der Waals surface area contributed by atoms with Crippen LogP contribution >= 0.6 is 11.6 Å². The maximum Gasteiger partial charge on any atom is 0.272 e. The van der Waals surface area contributed by atoms with E-state index in [9.17, 15) is 4.79 Å². The van der Waals surface area contributed by atoms with Crippen LogP contribution in [0.15, 0.2) is 24.7 Å². The van der Waals surface area contributed by atoms with Gasteiger partial charge in [-0.05, 0) is 32.0 Å². The molecule has 0 unspecified atom stereocenters. The molecule has 2 aromatic heterocycles. The molecule has 0 bridgehead atoms. The van der Waals surface area contributed by atoms with Crippen LogP contribution in [0.2, 0.25) is 5.02 Å². The first-order valence-electron chi connectivity index (χ1n) is 7.01. The zero-order chi connectivity index (χ0) is 14.8. The molecule has 21 heavy (non-hydrogen) atoms. The number of nitrogens with one attached hydrogen (secondary N) is 2. The van der Waals surface area contributed by atoms with Crippen molar-refractivity contribution in [2.45, 2.75) is 18.9 Å². The van der Waals surface area contributed by atoms with Gasteiger partial charge in [-0.3, -0.25) is 9.48 Å². The first-order chi connectivity index (χ1) is 10.1. The number of hydrogen-bond acceptors (Lipinski definition) is 3. The van der Waals surface area contributed by atoms with Gasteiger partial charge < -0.3 is 15.2 Å². The summed E-state index contributed by atoms with van der Waals surface area (Å²) in [4.78, 5) is 12.2. The fraction of sp³-hybridized carbons (Fsp3) is 0.429. The number of anilines is 1. The highest BCUT2D eigenvalue weighted by Gasteiger charge is 2.17. The van der Waals surface area contributed by atoms with E-state index in [4.69, 9.17) is 11.6 Å². The Hall–Kier alpha value is -1.79. The predicted molar refractivity (Wildman–Crippen MR) is 81.7 cm³/mol. The normalized spacial score (nSPS) is 16.1. The van der Waals surface area contributed by atoms with Gasteiger partial charge in [0.1, 0.15) is 5.69 Å². The van der Waals surface area contributed by atoms with Crippen molar-refractivity contribution in [2.24, 2.45) is 7.05 Å². The number of aromatic nitrogens is 3. The Morgan fingerprint density at radius 1 is 1.43 bits per heavy atom. The van der Waals surface area contributed by atoms with Crippen LogP contribution in [0.1, 0.15) is 29.4 Å². The molecule has 1 saturated heterocycles. The Balaban J connectivity index is 1.69. The molecule has 0 spiro atoms. The molecule has 3 rings (SSSR count). The third-order valence-corrected chi connectivity index (χ3v) is 3.95. The summed E-state index contributed by atoms with van der Waals surface area (Å²) in [5.41, 5.74) is 1.23. The molecular formula is C14H18ClN5O. The number of hydrogen-bond donors (Lipinski definition) is 2. The zero-order valence-electron chi connectivity index (χ0n) is 11.8. The molecular weight excluding hydrogens is 290 g/mol. The number of carbonyl (C=O) groups excluding carboxylic acids is 1. The summed E-state index contributed by atoms with van der Waals surface area (Å²) in [6.45, 7) is 2.02. The SMILES string of the molecule is Cn1cc(Cl)cc1C(=O)Nc1cnn(C2CCNCC2)c1. The van der Waals surface area contributed by atoms with Crippen LogP contribution in [-0.4, -0.2) is 33.3 Å². The molecule has 2 aromatic rings. The number of piperidine rings is 1. The summed E-state index contributed by atoms with van der Waals surface area (Å²) in [5.74, 6) is -0.186. The molecule has 2 N–H and O–H groups in total. The lowest BCUT2D eigenvalue weighted by molar-refractivity contribution is 0.101. The highest BCUT2D eigenvalue weighted by molar-refractivity contribution is 6.31. The number of aryl methyl sites for hydroxylation is 1. The highest BCUT2D eigenvalue weighted by Crippen LogP contribution is 2.20. The van der Waals surface area contributed by atoms with Crippen LogP contribution in [0.5, 0.6) is 0 Å². The van der Waals surface area contributed by atoms with Gasteiger partial charge in [-0.2, -0.15) is 5.10 Å². The van der Waals surface area contributed by atoms with E-state index < -0.39 is 0 Å². The molecule has 1 amide bonds. The van der Waals surface area contributed by atoms with Gasteiger partial charge in [0.05, 0.1) is 22.9 Å². The van der Waals surface area contributed by atoms with E-state index in [1.165, 1.54) is 0 Å². The molecule has 1 aliphatic heterocycles. The van der Waals surface area contributed by atoms with Gasteiger partial charge in [-0.15, -0.1) is 0 Å². The van der Waals surface area contributed by atoms with E-state index in [0.29, 0.717) is 22.4 Å². The van der Waals surface area contributed by atoms with Crippen molar-refractivity contribution in [2.75, 3.05) is 18.4 Å². The van der Waals surface area contributed by atoms with Crippen molar-refractivity contribution >= 4 is 23.2 Å². The summed E-state index contributed by atoms with van der Waals surface area (Å²) >= 11 is 5.90. The minimum atomic E-state index is -0.186. The summed E-state index contributed by atoms with van der Waals surface area (Å²) in [6.07, 6.45) is 7.39. The fourth-order valence-electron chi connectivity index (χ4n) is 2.62. The quantitative estimate of drug-likeness (QED) is 0.912. The first kappa shape index (κ1) is 14.2. The Labute approximate surface area is 128 Å². The van der Waals surface area contributed by atoms with E-state index in [1.54, 1.807) is 30.1 Å². The number of halogens is 1. The Bertz CT molecular complexity index is 642. The molecule has 3 heterocycles. The van der Waals surface area contributed by atoms with Gasteiger partial charge in [0.2, 0.25) is 0 Å². The van der Waals surface area contributed by atoms with Crippen molar-refractivity contribution in [1.82, 2.24) is 19.7 Å². The summed E-state index contributed by atoms with van der Waals surface area (Å²) < 4.78 is 3.64. The number of amides is 1. The van der Waals surface area contributed by atoms with Crippen LogP contribution in [0.25, 0.3) is 0 Å². The third kappa shape index (κ3) is 3.11. The van der Waals surface area contributed by atoms with Crippen LogP contribution in [-0.2, 0) is 7.05 Å². The number of nitrogens with zero attached hydrogens (tertiary/aromatic N) is 3. The van der Waals surface area contributed by atoms with Gasteiger partial charge in [-0.25, -0.2) is 0 Å². The summed E-state index contributed by atoms with van der Waals surface area (Å²) in [6, 6.07) is 2.05. The van der Waals surface area contributed by atoms with E-state index in [-0.39, 0.29) is 5.91 Å². The lowest BCUT2D eigenvalue weighted by Gasteiger charge is -2.22. The topological polar surface area (TPSA) is 63.9 Å². The van der Waals surface area contributed by atoms with Crippen LogP contribution < -0.4 is 10.6 Å². The Kier molecular flexibility index (Phi) is 3.98. The average Bonchev–Trinajstić information content (AvgIpc) is 3.06. The van der Waals surface area contributed by atoms with Crippen molar-refractivity contribution in [3.63, 3.8) is 0 Å². The third-order valence-electron chi connectivity index (χ3n) is 3.75. The standard InChI is InChI=1S/C14H18ClN5O/c1-19-8-10(15)6-13(19)14(21)18-11-7-17-20(9-11)12-2-4-16-5-3-12/h6-9,12,16H,2-5H2,1H3,(H,18,21). The second kappa shape index (κ2) is 5.91. The predicted octanol–water partition coefficient (Wildman–Crippen LogP) is 2.05. The van der Waals surface area contributed by atoms with Crippen LogP contribution in [0, 0.1) is 0 Å². The second-order valence-corrected chi connectivity index (χ2v) is 5.74. The highest BCUT2D eigenvalue weighted by atomic mass is 35.5. The van der Waals surface area contributed by atoms with E-state index in [2.05, 4.69) is 15.7 Å². The summed E-state index contributed by atoms with van der Waals surface area (Å²) in [7, 11) is 1.79. The molecule has 0 atom stereocenters. The van der Waals surface area contributed by atoms with E-state index in [1.807, 2.05) is 10.9 Å². The van der Waals surface area contributed by atoms with Gasteiger partial charge in [0, 0.05) is 19.4 Å². The second-order valence-electron chi connectivity index (χ2n) is 5.30. The fourth-order valence-corrected chi connectivity index (χ4v) is 2.87. The molecule has 1 fully saturated rings. The van der Waals surface area contributed by atoms with E-state index >= 15 is 0 Å². The Morgan fingerprint density at radius 2 is 2.19 bits per heavy atom. The van der Waals surface area contributed by atoms with Gasteiger partial charge in [-0.1, -0.05) is 11.6 Å². The molecule has 0 aliphatic carbocycles. The number of rotatable bonds is 3. The van der Waals surface area contributed by atoms with Crippen LogP contribution in [0.3, 0.4) is 0 Å². The molecule has 0 radical (unpaired) electrons. The van der Waals surface area contributed by atoms with E-state index in [0.717, 1.165) is 25.9 Å². The maximum absolute atomic E-state index is 12.2. The number of carbonyl (C=O) groups is 1. The van der Waals surface area contributed by atoms with Crippen molar-refractivity contribution in [3.05, 3.63) is 35.4 Å². The molecule has 112 valence electrons. The average molecular weight is 308 g/mol. The maximum atomic E-state index is 12.2. The first-order valence-corrected chi connectivity index (χ1v) is 7.39. The van der Waals surface area contributed by atoms with Crippen LogP contribution in [0.4, 0.5) is 5.69 Å². The molecule has 6 nitrogen and oxygen atoms in total. The smallest absolute Gasteiger partial charge is 0.272 e. The Morgan fingerprint density at radius 3 is 2.86 bits per heavy atom. The lowest BCUT2D eigenvalue weighted by atomic mass is 10.1. The van der Waals surface area contributed by atoms with Gasteiger partial charge in [0.15, 0.2) is 0 Å². The minimum Gasteiger partial charge on any atom is -0.345 e. The van der Waals surface area contributed by atoms with Gasteiger partial charge in [0.25, 0.3) is 5.91 Å². The van der Waals surface area contributed by atoms with Crippen molar-refractivity contribution in [3.8, 4) is 0 Å². The minimum absolute atomic E-state index is 0.186. The molecule has 7 heteroatoms. The van der Waals surface area contributed by atoms with Crippen molar-refractivity contribution in [1.29, 1.82) is 0 Å². The largest absolute Gasteiger partial charge is 0.345 e. The zero-order valence-corrected chi connectivity index (χ0v) is 12.6. The molecule has 0 aromatic carbocycles.